The largest absolute Gasteiger partial charge is 0.497 e. The number of hydrogen-bond acceptors (Lipinski definition) is 2. The van der Waals surface area contributed by atoms with Crippen molar-refractivity contribution in [2.24, 2.45) is 5.92 Å². The van der Waals surface area contributed by atoms with Gasteiger partial charge >= 0.3 is 6.18 Å². The Hall–Kier alpha value is -1.39. The zero-order valence-electron chi connectivity index (χ0n) is 10.0. The van der Waals surface area contributed by atoms with Crippen molar-refractivity contribution in [2.75, 3.05) is 12.4 Å². The van der Waals surface area contributed by atoms with Crippen LogP contribution in [-0.2, 0) is 0 Å². The maximum atomic E-state index is 12.7. The Kier molecular flexibility index (Phi) is 4.26. The van der Waals surface area contributed by atoms with Crippen LogP contribution in [0.2, 0.25) is 0 Å². The maximum Gasteiger partial charge on any atom is 0.408 e. The number of nitrogens with one attached hydrogen (secondary N) is 1. The van der Waals surface area contributed by atoms with Gasteiger partial charge in [0.1, 0.15) is 11.8 Å². The van der Waals surface area contributed by atoms with Crippen molar-refractivity contribution in [2.45, 2.75) is 26.1 Å². The third kappa shape index (κ3) is 3.84. The lowest BCUT2D eigenvalue weighted by Gasteiger charge is -2.26. The summed E-state index contributed by atoms with van der Waals surface area (Å²) in [6.07, 6.45) is -4.26. The summed E-state index contributed by atoms with van der Waals surface area (Å²) in [6, 6.07) is 4.84. The molecule has 1 aromatic rings. The SMILES string of the molecule is COc1ccc(NC(C(C)C)C(F)(F)F)cc1. The summed E-state index contributed by atoms with van der Waals surface area (Å²) < 4.78 is 43.1. The van der Waals surface area contributed by atoms with Crippen LogP contribution < -0.4 is 10.1 Å². The lowest BCUT2D eigenvalue weighted by molar-refractivity contribution is -0.150. The number of ether oxygens (including phenoxy) is 1. The summed E-state index contributed by atoms with van der Waals surface area (Å²) in [5.41, 5.74) is 0.432. The molecule has 5 heteroatoms. The second-order valence-corrected chi connectivity index (χ2v) is 4.14. The van der Waals surface area contributed by atoms with Gasteiger partial charge in [0, 0.05) is 5.69 Å². The lowest BCUT2D eigenvalue weighted by Crippen LogP contribution is -2.40. The van der Waals surface area contributed by atoms with Crippen LogP contribution in [0, 0.1) is 5.92 Å². The van der Waals surface area contributed by atoms with Crippen molar-refractivity contribution in [3.8, 4) is 5.75 Å². The highest BCUT2D eigenvalue weighted by molar-refractivity contribution is 5.47. The predicted octanol–water partition coefficient (Wildman–Crippen LogP) is 3.69. The molecule has 2 nitrogen and oxygen atoms in total. The molecular formula is C12H16F3NO. The first-order valence-corrected chi connectivity index (χ1v) is 5.32. The van der Waals surface area contributed by atoms with Gasteiger partial charge in [0.15, 0.2) is 0 Å². The molecule has 0 aromatic heterocycles. The van der Waals surface area contributed by atoms with Gasteiger partial charge in [-0.25, -0.2) is 0 Å². The van der Waals surface area contributed by atoms with Crippen molar-refractivity contribution in [1.82, 2.24) is 0 Å². The Morgan fingerprint density at radius 2 is 1.65 bits per heavy atom. The van der Waals surface area contributed by atoms with E-state index in [-0.39, 0.29) is 0 Å². The van der Waals surface area contributed by atoms with Crippen LogP contribution in [-0.4, -0.2) is 19.3 Å². The van der Waals surface area contributed by atoms with E-state index in [1.54, 1.807) is 24.3 Å². The van der Waals surface area contributed by atoms with Gasteiger partial charge in [-0.15, -0.1) is 0 Å². The fourth-order valence-electron chi connectivity index (χ4n) is 1.49. The van der Waals surface area contributed by atoms with E-state index in [1.165, 1.54) is 21.0 Å². The molecular weight excluding hydrogens is 231 g/mol. The molecule has 0 fully saturated rings. The Balaban J connectivity index is 2.79. The van der Waals surface area contributed by atoms with Crippen molar-refractivity contribution in [3.05, 3.63) is 24.3 Å². The van der Waals surface area contributed by atoms with Crippen LogP contribution >= 0.6 is 0 Å². The molecule has 1 atom stereocenters. The number of benzene rings is 1. The highest BCUT2D eigenvalue weighted by Crippen LogP contribution is 2.29. The third-order valence-corrected chi connectivity index (χ3v) is 2.43. The van der Waals surface area contributed by atoms with Crippen molar-refractivity contribution >= 4 is 5.69 Å². The number of methoxy groups -OCH3 is 1. The summed E-state index contributed by atoms with van der Waals surface area (Å²) in [6.45, 7) is 3.07. The van der Waals surface area contributed by atoms with E-state index in [2.05, 4.69) is 5.32 Å². The van der Waals surface area contributed by atoms with Crippen LogP contribution in [0.5, 0.6) is 5.75 Å². The molecule has 1 aromatic carbocycles. The zero-order chi connectivity index (χ0) is 13.1. The normalized spacial score (nSPS) is 13.6. The standard InChI is InChI=1S/C12H16F3NO/c1-8(2)11(12(13,14)15)16-9-4-6-10(17-3)7-5-9/h4-8,11,16H,1-3H3. The molecule has 0 aliphatic rings. The quantitative estimate of drug-likeness (QED) is 0.876. The van der Waals surface area contributed by atoms with Gasteiger partial charge in [-0.2, -0.15) is 13.2 Å². The van der Waals surface area contributed by atoms with Gasteiger partial charge in [0.2, 0.25) is 0 Å². The van der Waals surface area contributed by atoms with Gasteiger partial charge in [0.25, 0.3) is 0 Å². The Labute approximate surface area is 98.8 Å². The monoisotopic (exact) mass is 247 g/mol. The number of rotatable bonds is 4. The number of alkyl halides is 3. The molecule has 0 bridgehead atoms. The first-order valence-electron chi connectivity index (χ1n) is 5.32. The Morgan fingerprint density at radius 1 is 1.12 bits per heavy atom. The van der Waals surface area contributed by atoms with Crippen molar-refractivity contribution < 1.29 is 17.9 Å². The smallest absolute Gasteiger partial charge is 0.408 e. The second kappa shape index (κ2) is 5.29. The van der Waals surface area contributed by atoms with E-state index in [0.29, 0.717) is 11.4 Å². The minimum absolute atomic E-state index is 0.432. The van der Waals surface area contributed by atoms with Crippen molar-refractivity contribution in [1.29, 1.82) is 0 Å². The molecule has 0 saturated heterocycles. The average molecular weight is 247 g/mol. The first-order chi connectivity index (χ1) is 7.84. The minimum Gasteiger partial charge on any atom is -0.497 e. The Bertz CT molecular complexity index is 346. The third-order valence-electron chi connectivity index (χ3n) is 2.43. The molecule has 1 N–H and O–H groups in total. The lowest BCUT2D eigenvalue weighted by atomic mass is 10.0. The number of hydrogen-bond donors (Lipinski definition) is 1. The Morgan fingerprint density at radius 3 is 2.00 bits per heavy atom. The van der Waals surface area contributed by atoms with Gasteiger partial charge in [-0.1, -0.05) is 13.8 Å². The van der Waals surface area contributed by atoms with Gasteiger partial charge < -0.3 is 10.1 Å². The molecule has 1 unspecified atom stereocenters. The summed E-state index contributed by atoms with van der Waals surface area (Å²) in [4.78, 5) is 0. The summed E-state index contributed by atoms with van der Waals surface area (Å²) >= 11 is 0. The number of halogens is 3. The minimum atomic E-state index is -4.26. The highest BCUT2D eigenvalue weighted by Gasteiger charge is 2.41. The van der Waals surface area contributed by atoms with Gasteiger partial charge in [-0.3, -0.25) is 0 Å². The van der Waals surface area contributed by atoms with Crippen molar-refractivity contribution in [3.63, 3.8) is 0 Å². The second-order valence-electron chi connectivity index (χ2n) is 4.14. The maximum absolute atomic E-state index is 12.7. The predicted molar refractivity (Wildman–Crippen MR) is 61.3 cm³/mol. The van der Waals surface area contributed by atoms with E-state index in [9.17, 15) is 13.2 Å². The van der Waals surface area contributed by atoms with Crippen LogP contribution in [0.3, 0.4) is 0 Å². The molecule has 1 rings (SSSR count). The molecule has 96 valence electrons. The molecule has 0 heterocycles. The zero-order valence-corrected chi connectivity index (χ0v) is 10.0. The number of anilines is 1. The van der Waals surface area contributed by atoms with E-state index >= 15 is 0 Å². The van der Waals surface area contributed by atoms with E-state index in [1.807, 2.05) is 0 Å². The summed E-state index contributed by atoms with van der Waals surface area (Å²) in [7, 11) is 1.51. The van der Waals surface area contributed by atoms with Gasteiger partial charge in [0.05, 0.1) is 7.11 Å². The van der Waals surface area contributed by atoms with Crippen LogP contribution in [0.25, 0.3) is 0 Å². The topological polar surface area (TPSA) is 21.3 Å². The molecule has 0 spiro atoms. The summed E-state index contributed by atoms with van der Waals surface area (Å²) in [5.74, 6) is 0.0840. The molecule has 0 radical (unpaired) electrons. The van der Waals surface area contributed by atoms with Crippen LogP contribution in [0.4, 0.5) is 18.9 Å². The fraction of sp³-hybridized carbons (Fsp3) is 0.500. The van der Waals surface area contributed by atoms with Crippen LogP contribution in [0.15, 0.2) is 24.3 Å². The van der Waals surface area contributed by atoms with E-state index in [0.717, 1.165) is 0 Å². The molecule has 17 heavy (non-hydrogen) atoms. The van der Waals surface area contributed by atoms with E-state index in [4.69, 9.17) is 4.74 Å². The van der Waals surface area contributed by atoms with Gasteiger partial charge in [-0.05, 0) is 30.2 Å². The molecule has 0 saturated carbocycles. The molecule has 0 amide bonds. The average Bonchev–Trinajstić information content (AvgIpc) is 2.24. The first kappa shape index (κ1) is 13.7. The molecule has 0 aliphatic heterocycles. The molecule has 0 aliphatic carbocycles. The van der Waals surface area contributed by atoms with E-state index < -0.39 is 18.1 Å². The summed E-state index contributed by atoms with van der Waals surface area (Å²) in [5, 5.41) is 2.49. The van der Waals surface area contributed by atoms with Crippen LogP contribution in [0.1, 0.15) is 13.8 Å². The highest BCUT2D eigenvalue weighted by atomic mass is 19.4. The fourth-order valence-corrected chi connectivity index (χ4v) is 1.49.